The maximum absolute atomic E-state index is 12.8. The van der Waals surface area contributed by atoms with Crippen LogP contribution in [0.1, 0.15) is 19.4 Å². The van der Waals surface area contributed by atoms with Gasteiger partial charge in [0.25, 0.3) is 0 Å². The highest BCUT2D eigenvalue weighted by Crippen LogP contribution is 2.30. The zero-order valence-electron chi connectivity index (χ0n) is 11.4. The molecule has 1 N–H and O–H groups in total. The van der Waals surface area contributed by atoms with Crippen molar-refractivity contribution in [2.45, 2.75) is 24.3 Å². The summed E-state index contributed by atoms with van der Waals surface area (Å²) in [6.45, 7) is 5.26. The summed E-state index contributed by atoms with van der Waals surface area (Å²) in [7, 11) is -3.72. The minimum absolute atomic E-state index is 0.00630. The molecule has 1 aromatic carbocycles. The summed E-state index contributed by atoms with van der Waals surface area (Å²) in [5.74, 6) is 0. The molecule has 0 saturated carbocycles. The van der Waals surface area contributed by atoms with E-state index in [4.69, 9.17) is 16.9 Å². The molecule has 0 aromatic heterocycles. The van der Waals surface area contributed by atoms with Gasteiger partial charge in [-0.05, 0) is 32.0 Å². The lowest BCUT2D eigenvalue weighted by Crippen LogP contribution is -2.59. The predicted molar refractivity (Wildman–Crippen MR) is 77.0 cm³/mol. The van der Waals surface area contributed by atoms with Crippen LogP contribution < -0.4 is 5.32 Å². The third kappa shape index (κ3) is 2.67. The molecule has 1 aliphatic rings. The zero-order valence-corrected chi connectivity index (χ0v) is 12.9. The molecule has 1 fully saturated rings. The van der Waals surface area contributed by atoms with Gasteiger partial charge in [0, 0.05) is 25.2 Å². The molecule has 0 bridgehead atoms. The normalized spacial score (nSPS) is 19.5. The average molecular weight is 314 g/mol. The Labute approximate surface area is 124 Å². The molecule has 0 amide bonds. The minimum Gasteiger partial charge on any atom is -0.314 e. The van der Waals surface area contributed by atoms with Crippen molar-refractivity contribution in [3.63, 3.8) is 0 Å². The Kier molecular flexibility index (Phi) is 4.07. The van der Waals surface area contributed by atoms with Crippen molar-refractivity contribution >= 4 is 21.6 Å². The molecule has 0 aliphatic carbocycles. The highest BCUT2D eigenvalue weighted by atomic mass is 35.5. The number of sulfonamides is 1. The summed E-state index contributed by atoms with van der Waals surface area (Å²) in [5.41, 5.74) is -0.260. The van der Waals surface area contributed by atoms with E-state index in [9.17, 15) is 8.42 Å². The maximum atomic E-state index is 12.8. The van der Waals surface area contributed by atoms with Crippen LogP contribution in [-0.2, 0) is 10.0 Å². The van der Waals surface area contributed by atoms with Crippen LogP contribution in [0.5, 0.6) is 0 Å². The van der Waals surface area contributed by atoms with E-state index >= 15 is 0 Å². The lowest BCUT2D eigenvalue weighted by atomic mass is 10.0. The third-order valence-electron chi connectivity index (χ3n) is 3.35. The van der Waals surface area contributed by atoms with E-state index in [1.807, 2.05) is 19.9 Å². The van der Waals surface area contributed by atoms with Crippen LogP contribution in [0, 0.1) is 11.3 Å². The average Bonchev–Trinajstić information content (AvgIpc) is 2.38. The highest BCUT2D eigenvalue weighted by molar-refractivity contribution is 7.89. The molecule has 108 valence electrons. The summed E-state index contributed by atoms with van der Waals surface area (Å²) in [4.78, 5) is -0.00630. The monoisotopic (exact) mass is 313 g/mol. The molecule has 2 rings (SSSR count). The number of benzene rings is 1. The van der Waals surface area contributed by atoms with E-state index < -0.39 is 15.6 Å². The molecule has 1 saturated heterocycles. The van der Waals surface area contributed by atoms with Crippen LogP contribution in [0.4, 0.5) is 0 Å². The molecule has 0 radical (unpaired) electrons. The number of hydrogen-bond donors (Lipinski definition) is 1. The van der Waals surface area contributed by atoms with E-state index in [1.54, 1.807) is 0 Å². The van der Waals surface area contributed by atoms with Crippen molar-refractivity contribution in [1.29, 1.82) is 5.26 Å². The lowest BCUT2D eigenvalue weighted by molar-refractivity contribution is 0.186. The summed E-state index contributed by atoms with van der Waals surface area (Å²) in [5, 5.41) is 12.2. The third-order valence-corrected chi connectivity index (χ3v) is 5.95. The van der Waals surface area contributed by atoms with Crippen LogP contribution in [0.15, 0.2) is 23.1 Å². The second-order valence-electron chi connectivity index (χ2n) is 5.32. The molecule has 20 heavy (non-hydrogen) atoms. The second kappa shape index (κ2) is 5.34. The fourth-order valence-electron chi connectivity index (χ4n) is 2.30. The summed E-state index contributed by atoms with van der Waals surface area (Å²) in [6, 6.07) is 6.22. The van der Waals surface area contributed by atoms with Crippen LogP contribution in [0.2, 0.25) is 5.02 Å². The van der Waals surface area contributed by atoms with Gasteiger partial charge in [0.1, 0.15) is 4.90 Å². The van der Waals surface area contributed by atoms with Gasteiger partial charge in [-0.1, -0.05) is 11.6 Å². The Morgan fingerprint density at radius 1 is 1.45 bits per heavy atom. The molecule has 7 heteroatoms. The van der Waals surface area contributed by atoms with Crippen LogP contribution in [0.3, 0.4) is 0 Å². The summed E-state index contributed by atoms with van der Waals surface area (Å²) in [6.07, 6.45) is 0. The number of halogens is 1. The molecule has 1 aliphatic heterocycles. The van der Waals surface area contributed by atoms with E-state index in [2.05, 4.69) is 5.32 Å². The molecule has 1 heterocycles. The van der Waals surface area contributed by atoms with Crippen molar-refractivity contribution in [3.05, 3.63) is 28.8 Å². The first-order valence-electron chi connectivity index (χ1n) is 6.22. The van der Waals surface area contributed by atoms with Crippen molar-refractivity contribution in [1.82, 2.24) is 9.62 Å². The van der Waals surface area contributed by atoms with Crippen LogP contribution in [0.25, 0.3) is 0 Å². The standard InChI is InChI=1S/C13H16ClN3O2S/c1-13(2)9-16-5-6-17(13)20(18,19)12-7-10(8-15)3-4-11(12)14/h3-4,7,16H,5-6,9H2,1-2H3. The van der Waals surface area contributed by atoms with Gasteiger partial charge in [0.2, 0.25) is 10.0 Å². The SMILES string of the molecule is CC1(C)CNCCN1S(=O)(=O)c1cc(C#N)ccc1Cl. The Hall–Kier alpha value is -1.13. The topological polar surface area (TPSA) is 73.2 Å². The van der Waals surface area contributed by atoms with Gasteiger partial charge in [0.05, 0.1) is 16.7 Å². The number of nitriles is 1. The van der Waals surface area contributed by atoms with Crippen molar-refractivity contribution in [2.24, 2.45) is 0 Å². The molecular formula is C13H16ClN3O2S. The van der Waals surface area contributed by atoms with Crippen LogP contribution in [-0.4, -0.2) is 37.9 Å². The Morgan fingerprint density at radius 3 is 2.75 bits per heavy atom. The maximum Gasteiger partial charge on any atom is 0.245 e. The second-order valence-corrected chi connectivity index (χ2v) is 7.56. The quantitative estimate of drug-likeness (QED) is 0.899. The van der Waals surface area contributed by atoms with Gasteiger partial charge in [0.15, 0.2) is 0 Å². The largest absolute Gasteiger partial charge is 0.314 e. The van der Waals surface area contributed by atoms with Crippen molar-refractivity contribution in [3.8, 4) is 6.07 Å². The first kappa shape index (κ1) is 15.3. The Bertz CT molecular complexity index is 665. The van der Waals surface area contributed by atoms with Crippen molar-refractivity contribution < 1.29 is 8.42 Å². The van der Waals surface area contributed by atoms with E-state index in [0.717, 1.165) is 0 Å². The van der Waals surface area contributed by atoms with E-state index in [0.29, 0.717) is 19.6 Å². The number of rotatable bonds is 2. The molecule has 0 unspecified atom stereocenters. The minimum atomic E-state index is -3.72. The zero-order chi connectivity index (χ0) is 15.0. The smallest absolute Gasteiger partial charge is 0.245 e. The summed E-state index contributed by atoms with van der Waals surface area (Å²) >= 11 is 6.02. The molecule has 0 atom stereocenters. The van der Waals surface area contributed by atoms with Crippen molar-refractivity contribution in [2.75, 3.05) is 19.6 Å². The summed E-state index contributed by atoms with van der Waals surface area (Å²) < 4.78 is 27.0. The first-order chi connectivity index (χ1) is 9.29. The van der Waals surface area contributed by atoms with Gasteiger partial charge >= 0.3 is 0 Å². The van der Waals surface area contributed by atoms with E-state index in [1.165, 1.54) is 22.5 Å². The van der Waals surface area contributed by atoms with Gasteiger partial charge in [-0.3, -0.25) is 0 Å². The molecule has 5 nitrogen and oxygen atoms in total. The Morgan fingerprint density at radius 2 is 2.15 bits per heavy atom. The van der Waals surface area contributed by atoms with Gasteiger partial charge < -0.3 is 5.32 Å². The van der Waals surface area contributed by atoms with E-state index in [-0.39, 0.29) is 15.5 Å². The predicted octanol–water partition coefficient (Wildman–Crippen LogP) is 1.58. The van der Waals surface area contributed by atoms with Crippen LogP contribution >= 0.6 is 11.6 Å². The molecule has 1 aromatic rings. The Balaban J connectivity index is 2.53. The number of nitrogens with zero attached hydrogens (tertiary/aromatic N) is 2. The van der Waals surface area contributed by atoms with Gasteiger partial charge in [-0.2, -0.15) is 9.57 Å². The fraction of sp³-hybridized carbons (Fsp3) is 0.462. The first-order valence-corrected chi connectivity index (χ1v) is 8.04. The number of piperazine rings is 1. The lowest BCUT2D eigenvalue weighted by Gasteiger charge is -2.41. The number of hydrogen-bond acceptors (Lipinski definition) is 4. The highest BCUT2D eigenvalue weighted by Gasteiger charge is 2.39. The fourth-order valence-corrected chi connectivity index (χ4v) is 4.59. The molecular weight excluding hydrogens is 298 g/mol. The van der Waals surface area contributed by atoms with Gasteiger partial charge in [-0.25, -0.2) is 8.42 Å². The van der Waals surface area contributed by atoms with Gasteiger partial charge in [-0.15, -0.1) is 0 Å². The number of nitrogens with one attached hydrogen (secondary N) is 1. The molecule has 0 spiro atoms.